The third-order valence-electron chi connectivity index (χ3n) is 4.32. The summed E-state index contributed by atoms with van der Waals surface area (Å²) in [6.07, 6.45) is 7.79. The van der Waals surface area contributed by atoms with Gasteiger partial charge in [0, 0.05) is 25.0 Å². The van der Waals surface area contributed by atoms with E-state index >= 15 is 0 Å². The van der Waals surface area contributed by atoms with E-state index in [1.54, 1.807) is 0 Å². The third-order valence-corrected chi connectivity index (χ3v) is 4.32. The Bertz CT molecular complexity index is 616. The van der Waals surface area contributed by atoms with Crippen molar-refractivity contribution in [3.05, 3.63) is 60.4 Å². The number of carbonyl (C=O) groups excluding carboxylic acids is 1. The van der Waals surface area contributed by atoms with Crippen molar-refractivity contribution in [2.75, 3.05) is 13.2 Å². The van der Waals surface area contributed by atoms with E-state index in [4.69, 9.17) is 4.74 Å². The summed E-state index contributed by atoms with van der Waals surface area (Å²) >= 11 is 0. The van der Waals surface area contributed by atoms with Gasteiger partial charge in [0.15, 0.2) is 6.61 Å². The van der Waals surface area contributed by atoms with Crippen LogP contribution < -0.4 is 4.74 Å². The number of amides is 1. The van der Waals surface area contributed by atoms with Gasteiger partial charge in [0.1, 0.15) is 5.75 Å². The molecular weight excluding hydrogens is 288 g/mol. The summed E-state index contributed by atoms with van der Waals surface area (Å²) in [6.45, 7) is 0.966. The van der Waals surface area contributed by atoms with Crippen LogP contribution in [-0.2, 0) is 11.2 Å². The summed E-state index contributed by atoms with van der Waals surface area (Å²) in [5.74, 6) is 0.833. The fourth-order valence-corrected chi connectivity index (χ4v) is 3.09. The van der Waals surface area contributed by atoms with Gasteiger partial charge < -0.3 is 9.64 Å². The zero-order valence-electron chi connectivity index (χ0n) is 13.2. The van der Waals surface area contributed by atoms with Gasteiger partial charge >= 0.3 is 0 Å². The lowest BCUT2D eigenvalue weighted by Gasteiger charge is -2.24. The van der Waals surface area contributed by atoms with Crippen LogP contribution in [0.4, 0.5) is 0 Å². The molecule has 3 rings (SSSR count). The molecule has 0 aliphatic carbocycles. The van der Waals surface area contributed by atoms with Crippen molar-refractivity contribution in [2.45, 2.75) is 31.7 Å². The van der Waals surface area contributed by atoms with Crippen molar-refractivity contribution in [3.8, 4) is 5.75 Å². The second-order valence-corrected chi connectivity index (χ2v) is 5.88. The largest absolute Gasteiger partial charge is 0.484 e. The number of ether oxygens (including phenoxy) is 1. The molecule has 0 spiro atoms. The quantitative estimate of drug-likeness (QED) is 0.823. The van der Waals surface area contributed by atoms with Crippen molar-refractivity contribution in [3.63, 3.8) is 0 Å². The van der Waals surface area contributed by atoms with Gasteiger partial charge in [-0.1, -0.05) is 18.2 Å². The number of aryl methyl sites for hydroxylation is 1. The van der Waals surface area contributed by atoms with Crippen LogP contribution in [0.1, 0.15) is 24.8 Å². The van der Waals surface area contributed by atoms with E-state index in [0.717, 1.165) is 38.0 Å². The van der Waals surface area contributed by atoms with Crippen LogP contribution in [0, 0.1) is 0 Å². The lowest BCUT2D eigenvalue weighted by Crippen LogP contribution is -2.38. The molecule has 0 bridgehead atoms. The smallest absolute Gasteiger partial charge is 0.260 e. The van der Waals surface area contributed by atoms with E-state index in [1.807, 2.05) is 59.8 Å². The van der Waals surface area contributed by atoms with E-state index in [0.29, 0.717) is 6.04 Å². The Hall–Kier alpha value is -2.36. The van der Waals surface area contributed by atoms with Crippen LogP contribution in [0.5, 0.6) is 5.75 Å². The molecule has 120 valence electrons. The molecule has 0 saturated carbocycles. The van der Waals surface area contributed by atoms with Crippen molar-refractivity contribution < 1.29 is 9.53 Å². The van der Waals surface area contributed by atoms with Crippen LogP contribution in [0.2, 0.25) is 0 Å². The van der Waals surface area contributed by atoms with Gasteiger partial charge in [-0.15, -0.1) is 0 Å². The summed E-state index contributed by atoms with van der Waals surface area (Å²) in [7, 11) is 0. The van der Waals surface area contributed by atoms with E-state index < -0.39 is 0 Å². The number of benzene rings is 1. The van der Waals surface area contributed by atoms with Gasteiger partial charge in [-0.05, 0) is 55.5 Å². The lowest BCUT2D eigenvalue weighted by atomic mass is 10.0. The molecule has 1 aromatic heterocycles. The molecule has 0 N–H and O–H groups in total. The topological polar surface area (TPSA) is 42.4 Å². The first-order chi connectivity index (χ1) is 11.3. The minimum Gasteiger partial charge on any atom is -0.484 e. The first-order valence-electron chi connectivity index (χ1n) is 8.19. The predicted molar refractivity (Wildman–Crippen MR) is 89.2 cm³/mol. The lowest BCUT2D eigenvalue weighted by molar-refractivity contribution is -0.134. The zero-order chi connectivity index (χ0) is 15.9. The predicted octanol–water partition coefficient (Wildman–Crippen LogP) is 3.08. The van der Waals surface area contributed by atoms with Crippen LogP contribution in [0.15, 0.2) is 54.9 Å². The number of pyridine rings is 1. The molecule has 1 fully saturated rings. The van der Waals surface area contributed by atoms with Gasteiger partial charge in [-0.25, -0.2) is 0 Å². The normalized spacial score (nSPS) is 17.2. The number of para-hydroxylation sites is 1. The Morgan fingerprint density at radius 3 is 2.74 bits per heavy atom. The van der Waals surface area contributed by atoms with Gasteiger partial charge in [0.25, 0.3) is 5.91 Å². The number of nitrogens with zero attached hydrogens (tertiary/aromatic N) is 2. The zero-order valence-corrected chi connectivity index (χ0v) is 13.2. The minimum atomic E-state index is 0.0890. The summed E-state index contributed by atoms with van der Waals surface area (Å²) < 4.78 is 5.59. The highest BCUT2D eigenvalue weighted by Crippen LogP contribution is 2.22. The molecule has 1 amide bonds. The summed E-state index contributed by atoms with van der Waals surface area (Å²) in [4.78, 5) is 18.5. The molecule has 1 aromatic carbocycles. The van der Waals surface area contributed by atoms with E-state index in [9.17, 15) is 4.79 Å². The molecule has 23 heavy (non-hydrogen) atoms. The molecule has 1 saturated heterocycles. The molecule has 0 unspecified atom stereocenters. The molecule has 1 atom stereocenters. The molecule has 4 heteroatoms. The van der Waals surface area contributed by atoms with E-state index in [2.05, 4.69) is 4.98 Å². The molecule has 2 aromatic rings. The highest BCUT2D eigenvalue weighted by molar-refractivity contribution is 5.78. The average Bonchev–Trinajstić information content (AvgIpc) is 3.08. The monoisotopic (exact) mass is 310 g/mol. The Morgan fingerprint density at radius 1 is 1.17 bits per heavy atom. The Balaban J connectivity index is 1.50. The SMILES string of the molecule is O=C(COc1ccccc1)N1CCC[C@@H]1CCc1ccncc1. The van der Waals surface area contributed by atoms with Crippen LogP contribution in [-0.4, -0.2) is 35.0 Å². The Kier molecular flexibility index (Phi) is 5.25. The maximum absolute atomic E-state index is 12.4. The van der Waals surface area contributed by atoms with E-state index in [1.165, 1.54) is 5.56 Å². The standard InChI is InChI=1S/C19H22N2O2/c22-19(15-23-18-6-2-1-3-7-18)21-14-4-5-17(21)9-8-16-10-12-20-13-11-16/h1-3,6-7,10-13,17H,4-5,8-9,14-15H2/t17-/m1/s1. The van der Waals surface area contributed by atoms with Gasteiger partial charge in [0.05, 0.1) is 0 Å². The average molecular weight is 310 g/mol. The van der Waals surface area contributed by atoms with Crippen molar-refractivity contribution >= 4 is 5.91 Å². The number of hydrogen-bond donors (Lipinski definition) is 0. The third kappa shape index (κ3) is 4.31. The van der Waals surface area contributed by atoms with Crippen molar-refractivity contribution in [1.82, 2.24) is 9.88 Å². The Morgan fingerprint density at radius 2 is 1.96 bits per heavy atom. The molecule has 4 nitrogen and oxygen atoms in total. The maximum Gasteiger partial charge on any atom is 0.260 e. The number of hydrogen-bond acceptors (Lipinski definition) is 3. The first kappa shape index (κ1) is 15.5. The summed E-state index contributed by atoms with van der Waals surface area (Å²) in [5.41, 5.74) is 1.28. The number of aromatic nitrogens is 1. The number of likely N-dealkylation sites (tertiary alicyclic amines) is 1. The fourth-order valence-electron chi connectivity index (χ4n) is 3.09. The van der Waals surface area contributed by atoms with Crippen molar-refractivity contribution in [1.29, 1.82) is 0 Å². The molecule has 1 aliphatic heterocycles. The molecular formula is C19H22N2O2. The first-order valence-corrected chi connectivity index (χ1v) is 8.19. The van der Waals surface area contributed by atoms with Crippen LogP contribution in [0.3, 0.4) is 0 Å². The highest BCUT2D eigenvalue weighted by Gasteiger charge is 2.28. The van der Waals surface area contributed by atoms with Crippen molar-refractivity contribution in [2.24, 2.45) is 0 Å². The molecule has 2 heterocycles. The molecule has 0 radical (unpaired) electrons. The van der Waals surface area contributed by atoms with E-state index in [-0.39, 0.29) is 12.5 Å². The van der Waals surface area contributed by atoms with Crippen LogP contribution in [0.25, 0.3) is 0 Å². The highest BCUT2D eigenvalue weighted by atomic mass is 16.5. The summed E-state index contributed by atoms with van der Waals surface area (Å²) in [5, 5.41) is 0. The number of carbonyl (C=O) groups is 1. The van der Waals surface area contributed by atoms with Gasteiger partial charge in [0.2, 0.25) is 0 Å². The minimum absolute atomic E-state index is 0.0890. The number of rotatable bonds is 6. The van der Waals surface area contributed by atoms with Gasteiger partial charge in [-0.2, -0.15) is 0 Å². The fraction of sp³-hybridized carbons (Fsp3) is 0.368. The maximum atomic E-state index is 12.4. The van der Waals surface area contributed by atoms with Gasteiger partial charge in [-0.3, -0.25) is 9.78 Å². The van der Waals surface area contributed by atoms with Crippen LogP contribution >= 0.6 is 0 Å². The second kappa shape index (κ2) is 7.77. The second-order valence-electron chi connectivity index (χ2n) is 5.88. The Labute approximate surface area is 137 Å². The summed E-state index contributed by atoms with van der Waals surface area (Å²) in [6, 6.07) is 13.9. The molecule has 1 aliphatic rings.